The molecule has 5 rings (SSSR count). The number of hydrogen-bond acceptors (Lipinski definition) is 4. The van der Waals surface area contributed by atoms with Crippen LogP contribution in [0.15, 0.2) is 24.4 Å². The third kappa shape index (κ3) is 5.06. The van der Waals surface area contributed by atoms with Crippen molar-refractivity contribution in [2.45, 2.75) is 76.0 Å². The Morgan fingerprint density at radius 1 is 1.05 bits per heavy atom. The summed E-state index contributed by atoms with van der Waals surface area (Å²) >= 11 is 12.4. The van der Waals surface area contributed by atoms with E-state index in [-0.39, 0.29) is 52.7 Å². The van der Waals surface area contributed by atoms with E-state index in [1.165, 1.54) is 17.0 Å². The molecular formula is C27H28Cl2F3N3O4. The molecular weight excluding hydrogens is 558 g/mol. The highest BCUT2D eigenvalue weighted by molar-refractivity contribution is 6.40. The highest BCUT2D eigenvalue weighted by atomic mass is 35.5. The maximum atomic E-state index is 14.5. The number of carbonyl (C=O) groups excluding carboxylic acids is 2. The van der Waals surface area contributed by atoms with E-state index in [9.17, 15) is 32.7 Å². The zero-order valence-corrected chi connectivity index (χ0v) is 22.5. The number of alkyl halides is 3. The van der Waals surface area contributed by atoms with Crippen molar-refractivity contribution in [1.29, 1.82) is 0 Å². The Morgan fingerprint density at radius 3 is 2.18 bits per heavy atom. The van der Waals surface area contributed by atoms with Gasteiger partial charge in [0.1, 0.15) is 0 Å². The molecule has 12 heteroatoms. The molecule has 0 saturated heterocycles. The third-order valence-electron chi connectivity index (χ3n) is 8.85. The average Bonchev–Trinajstić information content (AvgIpc) is 3.27. The van der Waals surface area contributed by atoms with Crippen LogP contribution in [0.2, 0.25) is 10.0 Å². The smallest absolute Gasteiger partial charge is 0.433 e. The summed E-state index contributed by atoms with van der Waals surface area (Å²) < 4.78 is 44.2. The van der Waals surface area contributed by atoms with E-state index in [1.54, 1.807) is 6.07 Å². The van der Waals surface area contributed by atoms with E-state index >= 15 is 0 Å². The Kier molecular flexibility index (Phi) is 7.47. The SMILES string of the molecule is O=C(CN(C(=O)c1cnn([C@H]2CC[C@@H](C(=O)O)CC2)c1C(F)(F)F)[C@H]1CCC12CCC2)c1c(Cl)cccc1Cl. The van der Waals surface area contributed by atoms with Crippen LogP contribution >= 0.6 is 23.2 Å². The lowest BCUT2D eigenvalue weighted by Gasteiger charge is -2.59. The van der Waals surface area contributed by atoms with Crippen molar-refractivity contribution in [2.24, 2.45) is 11.3 Å². The van der Waals surface area contributed by atoms with Crippen molar-refractivity contribution in [3.8, 4) is 0 Å². The number of carboxylic acid groups (broad SMARTS) is 1. The van der Waals surface area contributed by atoms with Gasteiger partial charge >= 0.3 is 12.1 Å². The Labute approximate surface area is 233 Å². The topological polar surface area (TPSA) is 92.5 Å². The van der Waals surface area contributed by atoms with E-state index in [0.717, 1.165) is 36.6 Å². The van der Waals surface area contributed by atoms with Gasteiger partial charge in [0.2, 0.25) is 0 Å². The summed E-state index contributed by atoms with van der Waals surface area (Å²) in [6, 6.07) is 3.51. The first kappa shape index (κ1) is 28.0. The van der Waals surface area contributed by atoms with Gasteiger partial charge in [-0.2, -0.15) is 18.3 Å². The summed E-state index contributed by atoms with van der Waals surface area (Å²) in [7, 11) is 0. The van der Waals surface area contributed by atoms with Crippen molar-refractivity contribution in [2.75, 3.05) is 6.54 Å². The fourth-order valence-electron chi connectivity index (χ4n) is 6.50. The molecule has 0 bridgehead atoms. The van der Waals surface area contributed by atoms with Gasteiger partial charge in [0.15, 0.2) is 11.5 Å². The van der Waals surface area contributed by atoms with Crippen molar-refractivity contribution in [3.63, 3.8) is 0 Å². The number of rotatable bonds is 7. The molecule has 39 heavy (non-hydrogen) atoms. The molecule has 1 spiro atoms. The third-order valence-corrected chi connectivity index (χ3v) is 9.48. The van der Waals surface area contributed by atoms with Gasteiger partial charge in [-0.3, -0.25) is 19.1 Å². The molecule has 3 fully saturated rings. The molecule has 3 aliphatic rings. The summed E-state index contributed by atoms with van der Waals surface area (Å²) in [4.78, 5) is 39.9. The molecule has 0 unspecified atom stereocenters. The van der Waals surface area contributed by atoms with E-state index < -0.39 is 53.6 Å². The number of amides is 1. The second-order valence-corrected chi connectivity index (χ2v) is 11.7. The van der Waals surface area contributed by atoms with E-state index in [1.807, 2.05) is 0 Å². The summed E-state index contributed by atoms with van der Waals surface area (Å²) in [5, 5.41) is 13.5. The lowest BCUT2D eigenvalue weighted by atomic mass is 9.52. The molecule has 7 nitrogen and oxygen atoms in total. The van der Waals surface area contributed by atoms with Crippen LogP contribution in [0.3, 0.4) is 0 Å². The second-order valence-electron chi connectivity index (χ2n) is 10.9. The molecule has 1 N–H and O–H groups in total. The van der Waals surface area contributed by atoms with E-state index in [0.29, 0.717) is 6.42 Å². The molecule has 2 aromatic rings. The summed E-state index contributed by atoms with van der Waals surface area (Å²) in [6.07, 6.45) is 0.998. The zero-order chi connectivity index (χ0) is 28.1. The summed E-state index contributed by atoms with van der Waals surface area (Å²) in [6.45, 7) is -0.457. The van der Waals surface area contributed by atoms with Gasteiger partial charge in [-0.05, 0) is 68.9 Å². The van der Waals surface area contributed by atoms with Gasteiger partial charge in [0.05, 0.1) is 45.9 Å². The quantitative estimate of drug-likeness (QED) is 0.366. The Hall–Kier alpha value is -2.59. The first-order chi connectivity index (χ1) is 18.4. The van der Waals surface area contributed by atoms with E-state index in [4.69, 9.17) is 23.2 Å². The first-order valence-electron chi connectivity index (χ1n) is 13.1. The minimum atomic E-state index is -4.89. The van der Waals surface area contributed by atoms with Crippen LogP contribution < -0.4 is 0 Å². The zero-order valence-electron chi connectivity index (χ0n) is 21.0. The summed E-state index contributed by atoms with van der Waals surface area (Å²) in [5.74, 6) is -3.03. The number of carbonyl (C=O) groups is 3. The van der Waals surface area contributed by atoms with Crippen molar-refractivity contribution in [1.82, 2.24) is 14.7 Å². The lowest BCUT2D eigenvalue weighted by Crippen LogP contribution is -2.61. The van der Waals surface area contributed by atoms with Crippen LogP contribution in [0, 0.1) is 11.3 Å². The monoisotopic (exact) mass is 585 g/mol. The molecule has 3 saturated carbocycles. The Morgan fingerprint density at radius 2 is 1.69 bits per heavy atom. The second kappa shape index (κ2) is 10.4. The van der Waals surface area contributed by atoms with E-state index in [2.05, 4.69) is 5.10 Å². The fourth-order valence-corrected chi connectivity index (χ4v) is 7.11. The molecule has 0 radical (unpaired) electrons. The molecule has 1 aromatic heterocycles. The van der Waals surface area contributed by atoms with Gasteiger partial charge in [-0.15, -0.1) is 0 Å². The fraction of sp³-hybridized carbons (Fsp3) is 0.556. The minimum absolute atomic E-state index is 0.0301. The number of carboxylic acids is 1. The van der Waals surface area contributed by atoms with Crippen LogP contribution in [0.4, 0.5) is 13.2 Å². The molecule has 0 aliphatic heterocycles. The Balaban J connectivity index is 1.49. The van der Waals surface area contributed by atoms with Crippen LogP contribution in [-0.2, 0) is 11.0 Å². The number of ketones is 1. The molecule has 1 atom stereocenters. The van der Waals surface area contributed by atoms with Crippen LogP contribution in [0.5, 0.6) is 0 Å². The lowest BCUT2D eigenvalue weighted by molar-refractivity contribution is -0.147. The van der Waals surface area contributed by atoms with Crippen molar-refractivity contribution in [3.05, 3.63) is 51.3 Å². The number of aromatic nitrogens is 2. The Bertz CT molecular complexity index is 1270. The number of aliphatic carboxylic acids is 1. The molecule has 1 amide bonds. The standard InChI is InChI=1S/C27H28Cl2F3N3O4/c28-18-3-1-4-19(29)22(18)20(36)14-34(21-9-12-26(21)10-2-11-26)24(37)17-13-33-35(23(17)27(30,31)32)16-7-5-15(6-8-16)25(38)39/h1,3-4,13,15-16,21H,2,5-12,14H2,(H,38,39)/t15-,16+,21-/m0/s1. The largest absolute Gasteiger partial charge is 0.481 e. The summed E-state index contributed by atoms with van der Waals surface area (Å²) in [5.41, 5.74) is -1.93. The van der Waals surface area contributed by atoms with Crippen LogP contribution in [-0.4, -0.2) is 50.0 Å². The number of Topliss-reactive ketones (excluding diaryl/α,β-unsaturated/α-hetero) is 1. The van der Waals surface area contributed by atoms with Gasteiger partial charge in [0, 0.05) is 6.04 Å². The van der Waals surface area contributed by atoms with Crippen molar-refractivity contribution < 1.29 is 32.7 Å². The van der Waals surface area contributed by atoms with Gasteiger partial charge in [-0.25, -0.2) is 0 Å². The van der Waals surface area contributed by atoms with Crippen molar-refractivity contribution >= 4 is 40.9 Å². The highest BCUT2D eigenvalue weighted by Gasteiger charge is 2.55. The maximum Gasteiger partial charge on any atom is 0.433 e. The number of halogens is 5. The number of nitrogens with zero attached hydrogens (tertiary/aromatic N) is 3. The molecule has 3 aliphatic carbocycles. The predicted octanol–water partition coefficient (Wildman–Crippen LogP) is 6.68. The number of hydrogen-bond donors (Lipinski definition) is 1. The predicted molar refractivity (Wildman–Crippen MR) is 137 cm³/mol. The van der Waals surface area contributed by atoms with Crippen LogP contribution in [0.25, 0.3) is 0 Å². The molecule has 1 aromatic carbocycles. The normalized spacial score (nSPS) is 24.1. The average molecular weight is 586 g/mol. The van der Waals surface area contributed by atoms with Gasteiger partial charge in [-0.1, -0.05) is 35.7 Å². The minimum Gasteiger partial charge on any atom is -0.481 e. The molecule has 1 heterocycles. The number of benzene rings is 1. The maximum absolute atomic E-state index is 14.5. The highest BCUT2D eigenvalue weighted by Crippen LogP contribution is 2.58. The van der Waals surface area contributed by atoms with Gasteiger partial charge < -0.3 is 10.0 Å². The first-order valence-corrected chi connectivity index (χ1v) is 13.8. The van der Waals surface area contributed by atoms with Crippen LogP contribution in [0.1, 0.15) is 90.2 Å². The van der Waals surface area contributed by atoms with Gasteiger partial charge in [0.25, 0.3) is 5.91 Å². The molecule has 210 valence electrons.